The molecule has 0 fully saturated rings. The minimum Gasteiger partial charge on any atom is -0.385 e. The minimum atomic E-state index is 0.0684. The molecular formula is C11H26N2O. The quantitative estimate of drug-likeness (QED) is 0.679. The highest BCUT2D eigenvalue weighted by molar-refractivity contribution is 4.88. The van der Waals surface area contributed by atoms with Gasteiger partial charge in [0.2, 0.25) is 0 Å². The van der Waals surface area contributed by atoms with Gasteiger partial charge in [-0.3, -0.25) is 4.90 Å². The van der Waals surface area contributed by atoms with Crippen molar-refractivity contribution in [1.29, 1.82) is 0 Å². The number of likely N-dealkylation sites (N-methyl/N-ethyl adjacent to an activating group) is 1. The van der Waals surface area contributed by atoms with E-state index < -0.39 is 0 Å². The first-order valence-corrected chi connectivity index (χ1v) is 5.47. The van der Waals surface area contributed by atoms with E-state index in [9.17, 15) is 0 Å². The summed E-state index contributed by atoms with van der Waals surface area (Å²) in [6, 6.07) is 0.533. The van der Waals surface area contributed by atoms with Gasteiger partial charge in [-0.2, -0.15) is 0 Å². The van der Waals surface area contributed by atoms with E-state index in [0.717, 1.165) is 19.6 Å². The van der Waals surface area contributed by atoms with E-state index in [4.69, 9.17) is 10.5 Å². The molecule has 0 bridgehead atoms. The first kappa shape index (κ1) is 13.9. The van der Waals surface area contributed by atoms with E-state index in [0.29, 0.717) is 12.6 Å². The summed E-state index contributed by atoms with van der Waals surface area (Å²) in [5, 5.41) is 0. The summed E-state index contributed by atoms with van der Waals surface area (Å²) in [4.78, 5) is 2.44. The van der Waals surface area contributed by atoms with Gasteiger partial charge in [0.1, 0.15) is 0 Å². The molecule has 3 heteroatoms. The van der Waals surface area contributed by atoms with E-state index in [1.807, 2.05) is 0 Å². The molecule has 0 aromatic carbocycles. The maximum atomic E-state index is 5.86. The van der Waals surface area contributed by atoms with Gasteiger partial charge in [-0.15, -0.1) is 0 Å². The lowest BCUT2D eigenvalue weighted by atomic mass is 9.94. The molecule has 0 aliphatic rings. The summed E-state index contributed by atoms with van der Waals surface area (Å²) < 4.78 is 5.13. The van der Waals surface area contributed by atoms with E-state index in [1.165, 1.54) is 0 Å². The van der Waals surface area contributed by atoms with Crippen LogP contribution in [0.15, 0.2) is 0 Å². The lowest BCUT2D eigenvalue weighted by Crippen LogP contribution is -2.55. The molecule has 1 unspecified atom stereocenters. The summed E-state index contributed by atoms with van der Waals surface area (Å²) in [5.41, 5.74) is 5.93. The fraction of sp³-hybridized carbons (Fsp3) is 1.00. The summed E-state index contributed by atoms with van der Waals surface area (Å²) in [5.74, 6) is 0. The third-order valence-corrected chi connectivity index (χ3v) is 2.94. The lowest BCUT2D eigenvalue weighted by Gasteiger charge is -2.42. The number of nitrogens with zero attached hydrogens (tertiary/aromatic N) is 1. The van der Waals surface area contributed by atoms with Crippen LogP contribution in [0.1, 0.15) is 34.1 Å². The minimum absolute atomic E-state index is 0.0684. The number of methoxy groups -OCH3 is 1. The first-order chi connectivity index (χ1) is 6.51. The molecule has 3 nitrogen and oxygen atoms in total. The molecule has 1 atom stereocenters. The van der Waals surface area contributed by atoms with Crippen LogP contribution in [0.3, 0.4) is 0 Å². The Morgan fingerprint density at radius 2 is 2.00 bits per heavy atom. The average molecular weight is 202 g/mol. The standard InChI is InChI=1S/C11H26N2O/c1-6-13(10(2)3)11(4,9-12)7-8-14-5/h10H,6-9,12H2,1-5H3. The van der Waals surface area contributed by atoms with Crippen LogP contribution >= 0.6 is 0 Å². The number of hydrogen-bond acceptors (Lipinski definition) is 3. The molecule has 14 heavy (non-hydrogen) atoms. The fourth-order valence-electron chi connectivity index (χ4n) is 2.06. The molecule has 0 aliphatic carbocycles. The van der Waals surface area contributed by atoms with Gasteiger partial charge < -0.3 is 10.5 Å². The van der Waals surface area contributed by atoms with Crippen LogP contribution in [0.4, 0.5) is 0 Å². The lowest BCUT2D eigenvalue weighted by molar-refractivity contribution is 0.0491. The SMILES string of the molecule is CCN(C(C)C)C(C)(CN)CCOC. The van der Waals surface area contributed by atoms with Gasteiger partial charge in [-0.25, -0.2) is 0 Å². The molecule has 0 saturated carbocycles. The van der Waals surface area contributed by atoms with Crippen LogP contribution in [-0.2, 0) is 4.74 Å². The molecule has 0 amide bonds. The van der Waals surface area contributed by atoms with Crippen LogP contribution in [0.2, 0.25) is 0 Å². The molecule has 0 aromatic rings. The van der Waals surface area contributed by atoms with Gasteiger partial charge in [0.25, 0.3) is 0 Å². The Kier molecular flexibility index (Phi) is 6.33. The zero-order chi connectivity index (χ0) is 11.2. The number of nitrogens with two attached hydrogens (primary N) is 1. The van der Waals surface area contributed by atoms with Gasteiger partial charge in [-0.1, -0.05) is 6.92 Å². The van der Waals surface area contributed by atoms with Gasteiger partial charge in [0.05, 0.1) is 0 Å². The van der Waals surface area contributed by atoms with Crippen molar-refractivity contribution in [3.8, 4) is 0 Å². The summed E-state index contributed by atoms with van der Waals surface area (Å²) in [7, 11) is 1.74. The van der Waals surface area contributed by atoms with Crippen LogP contribution in [0, 0.1) is 0 Å². The monoisotopic (exact) mass is 202 g/mol. The molecule has 0 radical (unpaired) electrons. The highest BCUT2D eigenvalue weighted by Crippen LogP contribution is 2.20. The highest BCUT2D eigenvalue weighted by atomic mass is 16.5. The predicted octanol–water partition coefficient (Wildman–Crippen LogP) is 1.47. The maximum absolute atomic E-state index is 5.86. The largest absolute Gasteiger partial charge is 0.385 e. The van der Waals surface area contributed by atoms with Gasteiger partial charge in [0.15, 0.2) is 0 Å². The molecule has 0 rings (SSSR count). The second-order valence-electron chi connectivity index (χ2n) is 4.32. The molecule has 0 aliphatic heterocycles. The Bertz CT molecular complexity index is 150. The van der Waals surface area contributed by atoms with Crippen LogP contribution in [0.5, 0.6) is 0 Å². The summed E-state index contributed by atoms with van der Waals surface area (Å²) in [6.07, 6.45) is 0.992. The Labute approximate surface area is 88.6 Å². The van der Waals surface area contributed by atoms with E-state index in [2.05, 4.69) is 32.6 Å². The van der Waals surface area contributed by atoms with Crippen molar-refractivity contribution >= 4 is 0 Å². The van der Waals surface area contributed by atoms with Crippen molar-refractivity contribution in [2.45, 2.75) is 45.7 Å². The molecule has 0 spiro atoms. The van der Waals surface area contributed by atoms with Gasteiger partial charge >= 0.3 is 0 Å². The molecular weight excluding hydrogens is 176 g/mol. The number of hydrogen-bond donors (Lipinski definition) is 1. The maximum Gasteiger partial charge on any atom is 0.0480 e. The normalized spacial score (nSPS) is 16.3. The van der Waals surface area contributed by atoms with Crippen molar-refractivity contribution in [3.63, 3.8) is 0 Å². The van der Waals surface area contributed by atoms with Crippen LogP contribution in [0.25, 0.3) is 0 Å². The number of ether oxygens (including phenoxy) is 1. The average Bonchev–Trinajstić information content (AvgIpc) is 2.15. The number of rotatable bonds is 7. The second-order valence-corrected chi connectivity index (χ2v) is 4.32. The van der Waals surface area contributed by atoms with Crippen molar-refractivity contribution in [1.82, 2.24) is 4.90 Å². The van der Waals surface area contributed by atoms with Crippen LogP contribution in [-0.4, -0.2) is 43.3 Å². The van der Waals surface area contributed by atoms with Gasteiger partial charge in [-0.05, 0) is 33.7 Å². The summed E-state index contributed by atoms with van der Waals surface area (Å²) >= 11 is 0. The fourth-order valence-corrected chi connectivity index (χ4v) is 2.06. The summed E-state index contributed by atoms with van der Waals surface area (Å²) in [6.45, 7) is 11.3. The van der Waals surface area contributed by atoms with Crippen LogP contribution < -0.4 is 5.73 Å². The molecule has 0 aromatic heterocycles. The zero-order valence-electron chi connectivity index (χ0n) is 10.3. The Balaban J connectivity index is 4.44. The van der Waals surface area contributed by atoms with Crippen molar-refractivity contribution in [3.05, 3.63) is 0 Å². The van der Waals surface area contributed by atoms with E-state index >= 15 is 0 Å². The zero-order valence-corrected chi connectivity index (χ0v) is 10.3. The topological polar surface area (TPSA) is 38.5 Å². The third-order valence-electron chi connectivity index (χ3n) is 2.94. The smallest absolute Gasteiger partial charge is 0.0480 e. The van der Waals surface area contributed by atoms with E-state index in [-0.39, 0.29) is 5.54 Å². The van der Waals surface area contributed by atoms with Crippen molar-refractivity contribution in [2.75, 3.05) is 26.8 Å². The highest BCUT2D eigenvalue weighted by Gasteiger charge is 2.30. The van der Waals surface area contributed by atoms with E-state index in [1.54, 1.807) is 7.11 Å². The van der Waals surface area contributed by atoms with Crippen molar-refractivity contribution in [2.24, 2.45) is 5.73 Å². The third kappa shape index (κ3) is 3.56. The molecule has 0 heterocycles. The Morgan fingerprint density at radius 3 is 2.29 bits per heavy atom. The van der Waals surface area contributed by atoms with Crippen molar-refractivity contribution < 1.29 is 4.74 Å². The Morgan fingerprint density at radius 1 is 1.43 bits per heavy atom. The predicted molar refractivity (Wildman–Crippen MR) is 61.5 cm³/mol. The van der Waals surface area contributed by atoms with Gasteiger partial charge in [0, 0.05) is 31.8 Å². The first-order valence-electron chi connectivity index (χ1n) is 5.47. The Hall–Kier alpha value is -0.120. The molecule has 86 valence electrons. The molecule has 0 saturated heterocycles. The second kappa shape index (κ2) is 6.38. The molecule has 2 N–H and O–H groups in total.